The van der Waals surface area contributed by atoms with Crippen molar-refractivity contribution in [3.63, 3.8) is 0 Å². The Morgan fingerprint density at radius 3 is 2.58 bits per heavy atom. The number of aromatic nitrogens is 2. The summed E-state index contributed by atoms with van der Waals surface area (Å²) in [4.78, 5) is 4.50. The standard InChI is InChI=1S/C15H19N3O/c1-11-7-9-15(16,10-8-11)14-17-13(19-18-14)12-5-3-2-4-6-12/h2-6,11H,7-10,16H2,1H3. The monoisotopic (exact) mass is 257 g/mol. The van der Waals surface area contributed by atoms with Crippen molar-refractivity contribution >= 4 is 0 Å². The maximum absolute atomic E-state index is 6.45. The molecular weight excluding hydrogens is 238 g/mol. The van der Waals surface area contributed by atoms with Crippen molar-refractivity contribution in [3.8, 4) is 11.5 Å². The molecule has 2 N–H and O–H groups in total. The molecule has 4 nitrogen and oxygen atoms in total. The van der Waals surface area contributed by atoms with Gasteiger partial charge in [0, 0.05) is 5.56 Å². The molecule has 0 unspecified atom stereocenters. The molecule has 1 heterocycles. The molecule has 0 aliphatic heterocycles. The molecule has 1 aromatic heterocycles. The summed E-state index contributed by atoms with van der Waals surface area (Å²) in [6.07, 6.45) is 4.13. The number of hydrogen-bond acceptors (Lipinski definition) is 4. The Balaban J connectivity index is 1.85. The van der Waals surface area contributed by atoms with E-state index in [0.29, 0.717) is 11.7 Å². The molecule has 19 heavy (non-hydrogen) atoms. The van der Waals surface area contributed by atoms with Crippen LogP contribution in [0, 0.1) is 5.92 Å². The molecule has 2 aromatic rings. The van der Waals surface area contributed by atoms with Crippen molar-refractivity contribution in [1.82, 2.24) is 10.1 Å². The zero-order valence-corrected chi connectivity index (χ0v) is 11.2. The number of rotatable bonds is 2. The van der Waals surface area contributed by atoms with Gasteiger partial charge in [0.1, 0.15) is 0 Å². The lowest BCUT2D eigenvalue weighted by Gasteiger charge is -2.33. The molecule has 1 aliphatic carbocycles. The summed E-state index contributed by atoms with van der Waals surface area (Å²) in [7, 11) is 0. The highest BCUT2D eigenvalue weighted by molar-refractivity contribution is 5.52. The molecule has 100 valence electrons. The van der Waals surface area contributed by atoms with E-state index in [4.69, 9.17) is 10.3 Å². The van der Waals surface area contributed by atoms with E-state index in [1.165, 1.54) is 0 Å². The third-order valence-corrected chi connectivity index (χ3v) is 4.06. The highest BCUT2D eigenvalue weighted by Gasteiger charge is 2.36. The maximum atomic E-state index is 6.45. The predicted molar refractivity (Wildman–Crippen MR) is 73.2 cm³/mol. The minimum Gasteiger partial charge on any atom is -0.334 e. The topological polar surface area (TPSA) is 64.9 Å². The van der Waals surface area contributed by atoms with E-state index in [-0.39, 0.29) is 0 Å². The van der Waals surface area contributed by atoms with Crippen LogP contribution in [0.25, 0.3) is 11.5 Å². The van der Waals surface area contributed by atoms with Crippen LogP contribution in [0.3, 0.4) is 0 Å². The Morgan fingerprint density at radius 1 is 1.21 bits per heavy atom. The first kappa shape index (κ1) is 12.4. The van der Waals surface area contributed by atoms with Gasteiger partial charge in [-0.1, -0.05) is 30.3 Å². The number of nitrogens with zero attached hydrogens (tertiary/aromatic N) is 2. The summed E-state index contributed by atoms with van der Waals surface area (Å²) >= 11 is 0. The quantitative estimate of drug-likeness (QED) is 0.897. The van der Waals surface area contributed by atoms with Gasteiger partial charge in [-0.3, -0.25) is 0 Å². The van der Waals surface area contributed by atoms with Crippen molar-refractivity contribution in [2.75, 3.05) is 0 Å². The summed E-state index contributed by atoms with van der Waals surface area (Å²) in [6.45, 7) is 2.27. The minimum absolute atomic E-state index is 0.414. The Morgan fingerprint density at radius 2 is 1.89 bits per heavy atom. The lowest BCUT2D eigenvalue weighted by atomic mass is 9.77. The number of benzene rings is 1. The molecule has 4 heteroatoms. The smallest absolute Gasteiger partial charge is 0.257 e. The zero-order valence-electron chi connectivity index (χ0n) is 11.2. The SMILES string of the molecule is CC1CCC(N)(c2noc(-c3ccccc3)n2)CC1. The lowest BCUT2D eigenvalue weighted by molar-refractivity contribution is 0.230. The molecule has 1 fully saturated rings. The first-order valence-electron chi connectivity index (χ1n) is 6.86. The van der Waals surface area contributed by atoms with Crippen molar-refractivity contribution in [3.05, 3.63) is 36.2 Å². The summed E-state index contributed by atoms with van der Waals surface area (Å²) in [5, 5.41) is 4.10. The molecule has 0 spiro atoms. The van der Waals surface area contributed by atoms with Crippen LogP contribution in [0.5, 0.6) is 0 Å². The van der Waals surface area contributed by atoms with Crippen molar-refractivity contribution in [2.24, 2.45) is 11.7 Å². The third-order valence-electron chi connectivity index (χ3n) is 4.06. The van der Waals surface area contributed by atoms with Crippen LogP contribution in [0.2, 0.25) is 0 Å². The second kappa shape index (κ2) is 4.78. The van der Waals surface area contributed by atoms with Crippen molar-refractivity contribution in [2.45, 2.75) is 38.1 Å². The molecule has 3 rings (SSSR count). The van der Waals surface area contributed by atoms with Crippen LogP contribution >= 0.6 is 0 Å². The maximum Gasteiger partial charge on any atom is 0.257 e. The van der Waals surface area contributed by atoms with Crippen LogP contribution in [-0.2, 0) is 5.54 Å². The van der Waals surface area contributed by atoms with Crippen LogP contribution in [-0.4, -0.2) is 10.1 Å². The highest BCUT2D eigenvalue weighted by atomic mass is 16.5. The van der Waals surface area contributed by atoms with E-state index in [0.717, 1.165) is 37.2 Å². The normalized spacial score (nSPS) is 27.4. The van der Waals surface area contributed by atoms with Crippen molar-refractivity contribution in [1.29, 1.82) is 0 Å². The second-order valence-electron chi connectivity index (χ2n) is 5.63. The molecule has 1 aromatic carbocycles. The van der Waals surface area contributed by atoms with Gasteiger partial charge in [0.05, 0.1) is 5.54 Å². The Labute approximate surface area is 113 Å². The molecular formula is C15H19N3O. The fourth-order valence-corrected chi connectivity index (χ4v) is 2.62. The van der Waals surface area contributed by atoms with Gasteiger partial charge in [0.15, 0.2) is 5.82 Å². The summed E-state index contributed by atoms with van der Waals surface area (Å²) in [6, 6.07) is 9.81. The van der Waals surface area contributed by atoms with Gasteiger partial charge >= 0.3 is 0 Å². The molecule has 0 atom stereocenters. The van der Waals surface area contributed by atoms with E-state index in [1.54, 1.807) is 0 Å². The molecule has 0 bridgehead atoms. The third kappa shape index (κ3) is 2.40. The molecule has 0 amide bonds. The molecule has 0 radical (unpaired) electrons. The van der Waals surface area contributed by atoms with Crippen LogP contribution < -0.4 is 5.73 Å². The van der Waals surface area contributed by atoms with E-state index in [9.17, 15) is 0 Å². The molecule has 0 saturated heterocycles. The number of nitrogens with two attached hydrogens (primary N) is 1. The molecule has 1 aliphatic rings. The zero-order chi connectivity index (χ0) is 13.3. The van der Waals surface area contributed by atoms with Gasteiger partial charge in [-0.2, -0.15) is 4.98 Å². The Kier molecular flexibility index (Phi) is 3.11. The summed E-state index contributed by atoms with van der Waals surface area (Å²) in [5.74, 6) is 1.95. The summed E-state index contributed by atoms with van der Waals surface area (Å²) < 4.78 is 5.35. The van der Waals surface area contributed by atoms with Crippen molar-refractivity contribution < 1.29 is 4.52 Å². The van der Waals surface area contributed by atoms with Crippen LogP contribution in [0.4, 0.5) is 0 Å². The Bertz CT molecular complexity index is 542. The van der Waals surface area contributed by atoms with E-state index in [1.807, 2.05) is 30.3 Å². The summed E-state index contributed by atoms with van der Waals surface area (Å²) in [5.41, 5.74) is 6.97. The first-order valence-corrected chi connectivity index (χ1v) is 6.86. The fraction of sp³-hybridized carbons (Fsp3) is 0.467. The first-order chi connectivity index (χ1) is 9.17. The lowest BCUT2D eigenvalue weighted by Crippen LogP contribution is -2.41. The minimum atomic E-state index is -0.414. The largest absolute Gasteiger partial charge is 0.334 e. The van der Waals surface area contributed by atoms with Gasteiger partial charge in [-0.15, -0.1) is 0 Å². The second-order valence-corrected chi connectivity index (χ2v) is 5.63. The van der Waals surface area contributed by atoms with E-state index < -0.39 is 5.54 Å². The highest BCUT2D eigenvalue weighted by Crippen LogP contribution is 2.36. The average Bonchev–Trinajstić information content (AvgIpc) is 2.94. The average molecular weight is 257 g/mol. The van der Waals surface area contributed by atoms with Gasteiger partial charge in [-0.25, -0.2) is 0 Å². The molecule has 1 saturated carbocycles. The number of hydrogen-bond donors (Lipinski definition) is 1. The van der Waals surface area contributed by atoms with Gasteiger partial charge in [0.2, 0.25) is 0 Å². The van der Waals surface area contributed by atoms with Gasteiger partial charge < -0.3 is 10.3 Å². The predicted octanol–water partition coefficient (Wildman–Crippen LogP) is 3.10. The fourth-order valence-electron chi connectivity index (χ4n) is 2.62. The van der Waals surface area contributed by atoms with Gasteiger partial charge in [-0.05, 0) is 43.7 Å². The van der Waals surface area contributed by atoms with Crippen LogP contribution in [0.1, 0.15) is 38.4 Å². The van der Waals surface area contributed by atoms with E-state index in [2.05, 4.69) is 17.1 Å². The van der Waals surface area contributed by atoms with Gasteiger partial charge in [0.25, 0.3) is 5.89 Å². The van der Waals surface area contributed by atoms with E-state index >= 15 is 0 Å². The Hall–Kier alpha value is -1.68. The van der Waals surface area contributed by atoms with Crippen LogP contribution in [0.15, 0.2) is 34.9 Å².